The predicted octanol–water partition coefficient (Wildman–Crippen LogP) is 2.38. The number of ether oxygens (including phenoxy) is 1. The molecule has 1 saturated heterocycles. The molecule has 5 nitrogen and oxygen atoms in total. The smallest absolute Gasteiger partial charge is 0.238 e. The fraction of sp³-hybridized carbons (Fsp3) is 0.588. The van der Waals surface area contributed by atoms with Crippen molar-refractivity contribution >= 4 is 24.0 Å². The van der Waals surface area contributed by atoms with Crippen LogP contribution in [0.1, 0.15) is 19.8 Å². The first-order chi connectivity index (χ1) is 10.7. The van der Waals surface area contributed by atoms with Gasteiger partial charge >= 0.3 is 0 Å². The fourth-order valence-electron chi connectivity index (χ4n) is 2.78. The van der Waals surface area contributed by atoms with Crippen molar-refractivity contribution in [1.82, 2.24) is 10.2 Å². The minimum atomic E-state index is 0. The van der Waals surface area contributed by atoms with E-state index in [9.17, 15) is 4.79 Å². The van der Waals surface area contributed by atoms with E-state index in [1.165, 1.54) is 12.8 Å². The number of hydrogen-bond acceptors (Lipinski definition) is 4. The van der Waals surface area contributed by atoms with Gasteiger partial charge in [-0.3, -0.25) is 9.69 Å². The third-order valence-corrected chi connectivity index (χ3v) is 4.13. The summed E-state index contributed by atoms with van der Waals surface area (Å²) in [5, 5.41) is 6.35. The van der Waals surface area contributed by atoms with Crippen molar-refractivity contribution < 1.29 is 9.53 Å². The highest BCUT2D eigenvalue weighted by Crippen LogP contribution is 2.17. The molecule has 0 saturated carbocycles. The molecule has 1 amide bonds. The summed E-state index contributed by atoms with van der Waals surface area (Å²) < 4.78 is 5.11. The molecular formula is C17H28ClN3O2. The van der Waals surface area contributed by atoms with E-state index in [1.807, 2.05) is 24.3 Å². The Morgan fingerprint density at radius 1 is 1.26 bits per heavy atom. The summed E-state index contributed by atoms with van der Waals surface area (Å²) in [5.41, 5.74) is 0.813. The Bertz CT molecular complexity index is 459. The van der Waals surface area contributed by atoms with Gasteiger partial charge in [-0.1, -0.05) is 6.92 Å². The van der Waals surface area contributed by atoms with E-state index >= 15 is 0 Å². The molecule has 0 bridgehead atoms. The molecule has 23 heavy (non-hydrogen) atoms. The van der Waals surface area contributed by atoms with Gasteiger partial charge in [0.15, 0.2) is 0 Å². The van der Waals surface area contributed by atoms with Crippen molar-refractivity contribution in [3.05, 3.63) is 24.3 Å². The van der Waals surface area contributed by atoms with Gasteiger partial charge in [0.05, 0.1) is 13.7 Å². The lowest BCUT2D eigenvalue weighted by molar-refractivity contribution is -0.117. The molecular weight excluding hydrogens is 314 g/mol. The normalized spacial score (nSPS) is 15.7. The van der Waals surface area contributed by atoms with Crippen molar-refractivity contribution in [3.63, 3.8) is 0 Å². The lowest BCUT2D eigenvalue weighted by atomic mass is 9.97. The highest BCUT2D eigenvalue weighted by Gasteiger charge is 2.20. The molecule has 130 valence electrons. The molecule has 0 atom stereocenters. The number of rotatable bonds is 7. The Morgan fingerprint density at radius 3 is 2.48 bits per heavy atom. The molecule has 1 heterocycles. The highest BCUT2D eigenvalue weighted by molar-refractivity contribution is 5.92. The van der Waals surface area contributed by atoms with Crippen LogP contribution in [-0.2, 0) is 4.79 Å². The number of anilines is 1. The summed E-state index contributed by atoms with van der Waals surface area (Å²) in [7, 11) is 1.63. The van der Waals surface area contributed by atoms with Crippen LogP contribution >= 0.6 is 12.4 Å². The van der Waals surface area contributed by atoms with E-state index in [4.69, 9.17) is 4.74 Å². The number of hydrogen-bond donors (Lipinski definition) is 2. The molecule has 1 aromatic rings. The van der Waals surface area contributed by atoms with Crippen LogP contribution in [0.4, 0.5) is 5.69 Å². The Morgan fingerprint density at radius 2 is 1.91 bits per heavy atom. The van der Waals surface area contributed by atoms with E-state index in [0.29, 0.717) is 6.54 Å². The Labute approximate surface area is 145 Å². The monoisotopic (exact) mass is 341 g/mol. The zero-order valence-electron chi connectivity index (χ0n) is 14.0. The van der Waals surface area contributed by atoms with E-state index in [-0.39, 0.29) is 18.3 Å². The maximum atomic E-state index is 12.1. The lowest BCUT2D eigenvalue weighted by Crippen LogP contribution is -2.41. The molecule has 1 fully saturated rings. The van der Waals surface area contributed by atoms with Crippen molar-refractivity contribution in [1.29, 1.82) is 0 Å². The number of likely N-dealkylation sites (tertiary alicyclic amines) is 1. The van der Waals surface area contributed by atoms with E-state index in [0.717, 1.165) is 43.5 Å². The number of nitrogens with zero attached hydrogens (tertiary/aromatic N) is 1. The standard InChI is InChI=1S/C17H27N3O2.ClH/c1-3-18-12-14-8-10-20(11-9-14)13-17(21)19-15-4-6-16(22-2)7-5-15;/h4-7,14,18H,3,8-13H2,1-2H3,(H,19,21);1H. The minimum absolute atomic E-state index is 0. The molecule has 0 aromatic heterocycles. The van der Waals surface area contributed by atoms with Gasteiger partial charge in [0.2, 0.25) is 5.91 Å². The van der Waals surface area contributed by atoms with Crippen molar-refractivity contribution in [3.8, 4) is 5.75 Å². The van der Waals surface area contributed by atoms with Gasteiger partial charge in [0.25, 0.3) is 0 Å². The minimum Gasteiger partial charge on any atom is -0.497 e. The lowest BCUT2D eigenvalue weighted by Gasteiger charge is -2.31. The first-order valence-electron chi connectivity index (χ1n) is 8.08. The molecule has 1 aromatic carbocycles. The number of amides is 1. The van der Waals surface area contributed by atoms with Crippen LogP contribution in [0.25, 0.3) is 0 Å². The molecule has 0 unspecified atom stereocenters. The molecule has 2 rings (SSSR count). The van der Waals surface area contributed by atoms with E-state index < -0.39 is 0 Å². The topological polar surface area (TPSA) is 53.6 Å². The first kappa shape index (κ1) is 19.7. The van der Waals surface area contributed by atoms with E-state index in [2.05, 4.69) is 22.5 Å². The van der Waals surface area contributed by atoms with Crippen LogP contribution in [0.15, 0.2) is 24.3 Å². The zero-order chi connectivity index (χ0) is 15.8. The van der Waals surface area contributed by atoms with Gasteiger partial charge in [-0.05, 0) is 69.2 Å². The first-order valence-corrected chi connectivity index (χ1v) is 8.08. The summed E-state index contributed by atoms with van der Waals surface area (Å²) in [5.74, 6) is 1.59. The number of carbonyl (C=O) groups is 1. The third-order valence-electron chi connectivity index (χ3n) is 4.13. The Kier molecular flexibility index (Phi) is 8.99. The maximum Gasteiger partial charge on any atom is 0.238 e. The third kappa shape index (κ3) is 6.77. The van der Waals surface area contributed by atoms with Crippen molar-refractivity contribution in [2.75, 3.05) is 45.2 Å². The van der Waals surface area contributed by atoms with Crippen LogP contribution in [0.3, 0.4) is 0 Å². The van der Waals surface area contributed by atoms with Crippen LogP contribution in [0, 0.1) is 5.92 Å². The van der Waals surface area contributed by atoms with Gasteiger partial charge < -0.3 is 15.4 Å². The number of halogens is 1. The second kappa shape index (κ2) is 10.5. The summed E-state index contributed by atoms with van der Waals surface area (Å²) in [4.78, 5) is 14.3. The predicted molar refractivity (Wildman–Crippen MR) is 96.6 cm³/mol. The SMILES string of the molecule is CCNCC1CCN(CC(=O)Nc2ccc(OC)cc2)CC1.Cl. The van der Waals surface area contributed by atoms with Gasteiger partial charge in [0, 0.05) is 5.69 Å². The van der Waals surface area contributed by atoms with Crippen molar-refractivity contribution in [2.45, 2.75) is 19.8 Å². The average molecular weight is 342 g/mol. The number of carbonyl (C=O) groups excluding carboxylic acids is 1. The van der Waals surface area contributed by atoms with Crippen LogP contribution in [0.5, 0.6) is 5.75 Å². The summed E-state index contributed by atoms with van der Waals surface area (Å²) in [6.45, 7) is 6.75. The maximum absolute atomic E-state index is 12.1. The summed E-state index contributed by atoms with van der Waals surface area (Å²) in [6, 6.07) is 7.42. The van der Waals surface area contributed by atoms with Crippen LogP contribution in [0.2, 0.25) is 0 Å². The Hall–Kier alpha value is -1.30. The van der Waals surface area contributed by atoms with Crippen LogP contribution < -0.4 is 15.4 Å². The molecule has 1 aliphatic rings. The second-order valence-electron chi connectivity index (χ2n) is 5.80. The number of nitrogens with one attached hydrogen (secondary N) is 2. The summed E-state index contributed by atoms with van der Waals surface area (Å²) >= 11 is 0. The highest BCUT2D eigenvalue weighted by atomic mass is 35.5. The van der Waals surface area contributed by atoms with Crippen LogP contribution in [-0.4, -0.2) is 50.6 Å². The number of piperidine rings is 1. The van der Waals surface area contributed by atoms with E-state index in [1.54, 1.807) is 7.11 Å². The second-order valence-corrected chi connectivity index (χ2v) is 5.80. The molecule has 2 N–H and O–H groups in total. The number of benzene rings is 1. The quantitative estimate of drug-likeness (QED) is 0.799. The van der Waals surface area contributed by atoms with Crippen molar-refractivity contribution in [2.24, 2.45) is 5.92 Å². The average Bonchev–Trinajstić information content (AvgIpc) is 2.55. The molecule has 0 radical (unpaired) electrons. The fourth-order valence-corrected chi connectivity index (χ4v) is 2.78. The molecule has 6 heteroatoms. The molecule has 0 spiro atoms. The number of methoxy groups -OCH3 is 1. The molecule has 1 aliphatic heterocycles. The van der Waals surface area contributed by atoms with Gasteiger partial charge in [0.1, 0.15) is 5.75 Å². The van der Waals surface area contributed by atoms with Gasteiger partial charge in [-0.2, -0.15) is 0 Å². The zero-order valence-corrected chi connectivity index (χ0v) is 14.8. The summed E-state index contributed by atoms with van der Waals surface area (Å²) in [6.07, 6.45) is 2.34. The van der Waals surface area contributed by atoms with Gasteiger partial charge in [-0.15, -0.1) is 12.4 Å². The largest absolute Gasteiger partial charge is 0.497 e. The molecule has 0 aliphatic carbocycles. The Balaban J connectivity index is 0.00000264. The van der Waals surface area contributed by atoms with Gasteiger partial charge in [-0.25, -0.2) is 0 Å².